The molecule has 3 saturated carbocycles. The second kappa shape index (κ2) is 10.0. The topological polar surface area (TPSA) is 116 Å². The van der Waals surface area contributed by atoms with Crippen molar-refractivity contribution in [3.8, 4) is 0 Å². The Kier molecular flexibility index (Phi) is 7.60. The van der Waals surface area contributed by atoms with Crippen molar-refractivity contribution < 1.29 is 45.6 Å². The van der Waals surface area contributed by atoms with Gasteiger partial charge in [0.15, 0.2) is 6.79 Å². The van der Waals surface area contributed by atoms with Gasteiger partial charge in [-0.1, -0.05) is 19.3 Å². The smallest absolute Gasteiger partial charge is 0.438 e. The fourth-order valence-corrected chi connectivity index (χ4v) is 6.90. The van der Waals surface area contributed by atoms with Crippen LogP contribution in [0, 0.1) is 29.1 Å². The van der Waals surface area contributed by atoms with Gasteiger partial charge >= 0.3 is 27.3 Å². The first-order valence-corrected chi connectivity index (χ1v) is 13.8. The first-order chi connectivity index (χ1) is 16.4. The molecule has 8 nitrogen and oxygen atoms in total. The molecule has 0 radical (unpaired) electrons. The number of allylic oxidation sites excluding steroid dienone is 2. The molecule has 11 heteroatoms. The van der Waals surface area contributed by atoms with Crippen LogP contribution in [-0.4, -0.2) is 43.6 Å². The number of carbonyl (C=O) groups is 2. The standard InChI is InChI=1S/C24H34F2O8S/c1-23(21(27)33-14-32-13-18-8-15-3-2-4-16(7-15)9-18)11-17-5-6-20(19(10-17)12-23)34-22(28)24(25,26)35(29,30)31/h15-18H,2-14H2,1H3,(H,29,30,31). The molecule has 0 aromatic carbocycles. The number of rotatable bonds is 8. The summed E-state index contributed by atoms with van der Waals surface area (Å²) in [6.45, 7) is 2.14. The van der Waals surface area contributed by atoms with Gasteiger partial charge in [-0.05, 0) is 81.1 Å². The second-order valence-electron chi connectivity index (χ2n) is 11.1. The quantitative estimate of drug-likeness (QED) is 0.214. The van der Waals surface area contributed by atoms with E-state index < -0.39 is 32.7 Å². The summed E-state index contributed by atoms with van der Waals surface area (Å²) in [7, 11) is -5.95. The van der Waals surface area contributed by atoms with E-state index in [1.165, 1.54) is 25.7 Å². The van der Waals surface area contributed by atoms with Gasteiger partial charge in [0.1, 0.15) is 5.76 Å². The van der Waals surface area contributed by atoms with Crippen LogP contribution < -0.4 is 0 Å². The van der Waals surface area contributed by atoms with E-state index in [0.29, 0.717) is 37.4 Å². The van der Waals surface area contributed by atoms with Crippen LogP contribution in [0.3, 0.4) is 0 Å². The number of carbonyl (C=O) groups excluding carboxylic acids is 2. The van der Waals surface area contributed by atoms with Crippen LogP contribution in [0.25, 0.3) is 0 Å². The van der Waals surface area contributed by atoms with Crippen molar-refractivity contribution in [3.05, 3.63) is 11.3 Å². The Labute approximate surface area is 204 Å². The van der Waals surface area contributed by atoms with Crippen molar-refractivity contribution in [2.75, 3.05) is 13.4 Å². The van der Waals surface area contributed by atoms with E-state index in [4.69, 9.17) is 18.8 Å². The van der Waals surface area contributed by atoms with E-state index in [1.54, 1.807) is 6.92 Å². The summed E-state index contributed by atoms with van der Waals surface area (Å²) in [5, 5.41) is -5.07. The molecule has 4 rings (SSSR count). The highest BCUT2D eigenvalue weighted by atomic mass is 32.2. The van der Waals surface area contributed by atoms with E-state index in [0.717, 1.165) is 24.7 Å². The third-order valence-corrected chi connectivity index (χ3v) is 8.99. The highest BCUT2D eigenvalue weighted by molar-refractivity contribution is 7.87. The van der Waals surface area contributed by atoms with Crippen molar-refractivity contribution in [1.29, 1.82) is 0 Å². The minimum Gasteiger partial charge on any atom is -0.438 e. The van der Waals surface area contributed by atoms with E-state index in [1.807, 2.05) is 0 Å². The molecule has 1 N–H and O–H groups in total. The molecule has 0 spiro atoms. The number of hydrogen-bond acceptors (Lipinski definition) is 7. The fourth-order valence-electron chi connectivity index (χ4n) is 6.65. The molecule has 4 atom stereocenters. The SMILES string of the molecule is CC1(C(=O)OCOCC2CC3CCCC(C3)C2)CC2=C(OC(=O)C(F)(F)S(=O)(=O)O)CCC(C2)C1. The number of alkyl halides is 2. The number of esters is 2. The van der Waals surface area contributed by atoms with Crippen molar-refractivity contribution in [2.45, 2.75) is 82.8 Å². The third-order valence-electron chi connectivity index (χ3n) is 8.17. The van der Waals surface area contributed by atoms with Gasteiger partial charge in [0.2, 0.25) is 0 Å². The van der Waals surface area contributed by atoms with Gasteiger partial charge < -0.3 is 14.2 Å². The molecule has 0 aromatic rings. The lowest BCUT2D eigenvalue weighted by atomic mass is 9.65. The van der Waals surface area contributed by atoms with Crippen LogP contribution in [-0.2, 0) is 33.9 Å². The minimum absolute atomic E-state index is 0.0626. The van der Waals surface area contributed by atoms with E-state index >= 15 is 0 Å². The molecule has 4 aliphatic carbocycles. The summed E-state index contributed by atoms with van der Waals surface area (Å²) in [5.74, 6) is -0.727. The molecule has 4 aliphatic rings. The van der Waals surface area contributed by atoms with Gasteiger partial charge in [-0.15, -0.1) is 0 Å². The Morgan fingerprint density at radius 2 is 1.80 bits per heavy atom. The van der Waals surface area contributed by atoms with Crippen molar-refractivity contribution in [2.24, 2.45) is 29.1 Å². The molecule has 198 valence electrons. The van der Waals surface area contributed by atoms with Gasteiger partial charge in [0.05, 0.1) is 12.0 Å². The molecular formula is C24H34F2O8S. The highest BCUT2D eigenvalue weighted by Crippen LogP contribution is 2.49. The lowest BCUT2D eigenvalue weighted by Gasteiger charge is -2.41. The molecule has 0 saturated heterocycles. The normalized spacial score (nSPS) is 33.3. The summed E-state index contributed by atoms with van der Waals surface area (Å²) in [5.41, 5.74) is -0.422. The van der Waals surface area contributed by atoms with Crippen LogP contribution in [0.5, 0.6) is 0 Å². The Balaban J connectivity index is 1.31. The highest BCUT2D eigenvalue weighted by Gasteiger charge is 2.55. The van der Waals surface area contributed by atoms with Crippen LogP contribution in [0.2, 0.25) is 0 Å². The second-order valence-corrected chi connectivity index (χ2v) is 12.6. The zero-order valence-corrected chi connectivity index (χ0v) is 20.8. The summed E-state index contributed by atoms with van der Waals surface area (Å²) in [6, 6.07) is 0. The van der Waals surface area contributed by atoms with Crippen LogP contribution in [0.15, 0.2) is 11.3 Å². The molecular weight excluding hydrogens is 486 g/mol. The predicted molar refractivity (Wildman–Crippen MR) is 119 cm³/mol. The molecule has 35 heavy (non-hydrogen) atoms. The molecule has 0 heterocycles. The first kappa shape index (κ1) is 26.5. The summed E-state index contributed by atoms with van der Waals surface area (Å²) in [6.07, 6.45) is 9.38. The average Bonchev–Trinajstić information content (AvgIpc) is 2.77. The molecule has 4 unspecified atom stereocenters. The number of ether oxygens (including phenoxy) is 3. The third kappa shape index (κ3) is 5.88. The van der Waals surface area contributed by atoms with E-state index in [2.05, 4.69) is 0 Å². The predicted octanol–water partition coefficient (Wildman–Crippen LogP) is 4.60. The summed E-state index contributed by atoms with van der Waals surface area (Å²) < 4.78 is 73.4. The van der Waals surface area contributed by atoms with Gasteiger partial charge in [-0.25, -0.2) is 4.79 Å². The minimum atomic E-state index is -5.95. The van der Waals surface area contributed by atoms with Crippen LogP contribution in [0.4, 0.5) is 8.78 Å². The Bertz CT molecular complexity index is 966. The number of halogens is 2. The zero-order chi connectivity index (χ0) is 25.4. The molecule has 0 aliphatic heterocycles. The summed E-state index contributed by atoms with van der Waals surface area (Å²) in [4.78, 5) is 24.7. The zero-order valence-electron chi connectivity index (χ0n) is 20.0. The Morgan fingerprint density at radius 3 is 2.46 bits per heavy atom. The molecule has 3 fully saturated rings. The number of hydrogen-bond donors (Lipinski definition) is 1. The van der Waals surface area contributed by atoms with E-state index in [-0.39, 0.29) is 31.3 Å². The monoisotopic (exact) mass is 520 g/mol. The van der Waals surface area contributed by atoms with E-state index in [9.17, 15) is 26.8 Å². The maximum atomic E-state index is 13.6. The number of fused-ring (bicyclic) bond motifs is 4. The Hall–Kier alpha value is -1.59. The van der Waals surface area contributed by atoms with Gasteiger partial charge in [-0.2, -0.15) is 17.2 Å². The Morgan fingerprint density at radius 1 is 1.11 bits per heavy atom. The van der Waals surface area contributed by atoms with Gasteiger partial charge in [0.25, 0.3) is 0 Å². The lowest BCUT2D eigenvalue weighted by molar-refractivity contribution is -0.171. The molecule has 4 bridgehead atoms. The fraction of sp³-hybridized carbons (Fsp3) is 0.833. The summed E-state index contributed by atoms with van der Waals surface area (Å²) >= 11 is 0. The first-order valence-electron chi connectivity index (χ1n) is 12.4. The van der Waals surface area contributed by atoms with Crippen molar-refractivity contribution in [1.82, 2.24) is 0 Å². The maximum absolute atomic E-state index is 13.6. The maximum Gasteiger partial charge on any atom is 0.466 e. The van der Waals surface area contributed by atoms with Crippen LogP contribution >= 0.6 is 0 Å². The van der Waals surface area contributed by atoms with Crippen molar-refractivity contribution in [3.63, 3.8) is 0 Å². The van der Waals surface area contributed by atoms with Gasteiger partial charge in [0, 0.05) is 6.42 Å². The molecule has 0 aromatic heterocycles. The van der Waals surface area contributed by atoms with Crippen LogP contribution in [0.1, 0.15) is 77.6 Å². The average molecular weight is 521 g/mol. The lowest BCUT2D eigenvalue weighted by Crippen LogP contribution is -2.41. The van der Waals surface area contributed by atoms with Crippen molar-refractivity contribution >= 4 is 22.1 Å². The van der Waals surface area contributed by atoms with Gasteiger partial charge in [-0.3, -0.25) is 9.35 Å². The molecule has 0 amide bonds. The largest absolute Gasteiger partial charge is 0.466 e.